The van der Waals surface area contributed by atoms with Crippen LogP contribution in [-0.4, -0.2) is 27.0 Å². The summed E-state index contributed by atoms with van der Waals surface area (Å²) in [6, 6.07) is 4.96. The van der Waals surface area contributed by atoms with E-state index < -0.39 is 22.5 Å². The van der Waals surface area contributed by atoms with Gasteiger partial charge in [-0.1, -0.05) is 16.5 Å². The normalized spacial score (nSPS) is 9.39. The van der Waals surface area contributed by atoms with Crippen molar-refractivity contribution in [2.75, 3.05) is 11.9 Å². The summed E-state index contributed by atoms with van der Waals surface area (Å²) in [5.41, 5.74) is 0.259. The molecule has 0 fully saturated rings. The van der Waals surface area contributed by atoms with Gasteiger partial charge in [-0.25, -0.2) is 9.59 Å². The second-order valence-electron chi connectivity index (χ2n) is 3.00. The smallest absolute Gasteiger partial charge is 0.360 e. The summed E-state index contributed by atoms with van der Waals surface area (Å²) in [6.07, 6.45) is 0. The van der Waals surface area contributed by atoms with Crippen molar-refractivity contribution < 1.29 is 22.7 Å². The van der Waals surface area contributed by atoms with Crippen LogP contribution in [0.15, 0.2) is 28.6 Å². The first-order valence-electron chi connectivity index (χ1n) is 4.93. The fraction of sp³-hybridized carbons (Fsp3) is 0.200. The Balaban J connectivity index is 2.99. The van der Waals surface area contributed by atoms with Crippen LogP contribution in [0.2, 0.25) is 0 Å². The first-order valence-corrected chi connectivity index (χ1v) is 5.96. The second kappa shape index (κ2) is 6.50. The van der Waals surface area contributed by atoms with Gasteiger partial charge in [0, 0.05) is 0 Å². The van der Waals surface area contributed by atoms with Gasteiger partial charge in [-0.3, -0.25) is 0 Å². The van der Waals surface area contributed by atoms with E-state index in [0.717, 1.165) is 0 Å². The third kappa shape index (κ3) is 3.98. The van der Waals surface area contributed by atoms with Crippen LogP contribution in [0.3, 0.4) is 0 Å². The van der Waals surface area contributed by atoms with E-state index in [0.29, 0.717) is 0 Å². The van der Waals surface area contributed by atoms with Crippen molar-refractivity contribution in [3.05, 3.63) is 29.8 Å². The molecular weight excluding hydrogens is 260 g/mol. The summed E-state index contributed by atoms with van der Waals surface area (Å²) in [5.74, 6) is -0.614. The third-order valence-electron chi connectivity index (χ3n) is 1.82. The Morgan fingerprint density at radius 1 is 1.33 bits per heavy atom. The molecule has 0 spiro atoms. The number of nitrogens with zero attached hydrogens (tertiary/aromatic N) is 1. The van der Waals surface area contributed by atoms with Crippen LogP contribution in [0.25, 0.3) is 0 Å². The monoisotopic (exact) mass is 270 g/mol. The van der Waals surface area contributed by atoms with Crippen LogP contribution < -0.4 is 5.32 Å². The Kier molecular flexibility index (Phi) is 5.00. The predicted molar refractivity (Wildman–Crippen MR) is 62.8 cm³/mol. The molecule has 7 nitrogen and oxygen atoms in total. The number of anilines is 1. The lowest BCUT2D eigenvalue weighted by Crippen LogP contribution is -2.12. The van der Waals surface area contributed by atoms with Gasteiger partial charge >= 0.3 is 22.5 Å². The number of hydrogen-bond donors (Lipinski definition) is 1. The van der Waals surface area contributed by atoms with Gasteiger partial charge in [0.1, 0.15) is 0 Å². The molecule has 1 rings (SSSR count). The topological polar surface area (TPSA) is 102 Å². The highest BCUT2D eigenvalue weighted by Crippen LogP contribution is 2.16. The maximum absolute atomic E-state index is 11.5. The van der Waals surface area contributed by atoms with Crippen molar-refractivity contribution in [2.24, 2.45) is 4.36 Å². The number of esters is 1. The summed E-state index contributed by atoms with van der Waals surface area (Å²) >= 11 is 0. The quantitative estimate of drug-likeness (QED) is 0.837. The maximum Gasteiger partial charge on any atom is 0.360 e. The zero-order chi connectivity index (χ0) is 13.5. The van der Waals surface area contributed by atoms with E-state index in [1.165, 1.54) is 12.1 Å². The minimum atomic E-state index is -2.84. The standard InChI is InChI=1S/C10H10N2O5S/c1-2-17-9(13)7-5-3-4-6-8(7)11-10(14)12-18(15)16/h3-6H,2H2,1H3,(H,11,14). The molecule has 0 aromatic heterocycles. The lowest BCUT2D eigenvalue weighted by Gasteiger charge is -2.07. The molecule has 8 heteroatoms. The number of urea groups is 1. The average Bonchev–Trinajstić information content (AvgIpc) is 2.28. The molecule has 1 aromatic rings. The second-order valence-corrected chi connectivity index (χ2v) is 3.62. The minimum Gasteiger partial charge on any atom is -0.462 e. The highest BCUT2D eigenvalue weighted by Gasteiger charge is 2.13. The largest absolute Gasteiger partial charge is 0.462 e. The summed E-state index contributed by atoms with van der Waals surface area (Å²) in [5, 5.41) is 2.18. The molecular formula is C10H10N2O5S. The van der Waals surface area contributed by atoms with Crippen molar-refractivity contribution in [1.29, 1.82) is 0 Å². The lowest BCUT2D eigenvalue weighted by molar-refractivity contribution is 0.0527. The van der Waals surface area contributed by atoms with E-state index in [1.807, 2.05) is 0 Å². The Bertz CT molecular complexity index is 586. The Hall–Kier alpha value is -2.22. The number of ether oxygens (including phenoxy) is 1. The van der Waals surface area contributed by atoms with Crippen LogP contribution in [0, 0.1) is 0 Å². The van der Waals surface area contributed by atoms with Crippen molar-refractivity contribution in [3.8, 4) is 0 Å². The number of rotatable bonds is 3. The lowest BCUT2D eigenvalue weighted by atomic mass is 10.2. The third-order valence-corrected chi connectivity index (χ3v) is 2.14. The van der Waals surface area contributed by atoms with Gasteiger partial charge in [-0.15, -0.1) is 0 Å². The first-order chi connectivity index (χ1) is 8.54. The van der Waals surface area contributed by atoms with Crippen molar-refractivity contribution >= 4 is 28.2 Å². The highest BCUT2D eigenvalue weighted by atomic mass is 32.2. The number of benzene rings is 1. The van der Waals surface area contributed by atoms with Crippen LogP contribution >= 0.6 is 0 Å². The molecule has 0 aliphatic carbocycles. The number of hydrogen-bond acceptors (Lipinski definition) is 5. The summed E-state index contributed by atoms with van der Waals surface area (Å²) in [4.78, 5) is 22.7. The highest BCUT2D eigenvalue weighted by molar-refractivity contribution is 7.62. The van der Waals surface area contributed by atoms with Gasteiger partial charge in [-0.05, 0) is 19.1 Å². The molecule has 18 heavy (non-hydrogen) atoms. The van der Waals surface area contributed by atoms with E-state index in [-0.39, 0.29) is 17.9 Å². The van der Waals surface area contributed by atoms with Gasteiger partial charge in [-0.2, -0.15) is 8.42 Å². The van der Waals surface area contributed by atoms with Crippen LogP contribution in [0.1, 0.15) is 17.3 Å². The molecule has 1 aromatic carbocycles. The molecule has 0 unspecified atom stereocenters. The summed E-state index contributed by atoms with van der Waals surface area (Å²) in [6.45, 7) is 1.84. The maximum atomic E-state index is 11.5. The number of nitrogens with one attached hydrogen (secondary N) is 1. The zero-order valence-electron chi connectivity index (χ0n) is 9.41. The Labute approximate surface area is 104 Å². The molecule has 0 heterocycles. The van der Waals surface area contributed by atoms with Gasteiger partial charge in [0.05, 0.1) is 17.9 Å². The minimum absolute atomic E-state index is 0.125. The van der Waals surface area contributed by atoms with E-state index in [9.17, 15) is 18.0 Å². The number of amides is 2. The van der Waals surface area contributed by atoms with Crippen molar-refractivity contribution in [1.82, 2.24) is 0 Å². The first kappa shape index (κ1) is 13.8. The number of para-hydroxylation sites is 1. The van der Waals surface area contributed by atoms with Gasteiger partial charge < -0.3 is 10.1 Å². The fourth-order valence-corrected chi connectivity index (χ4v) is 1.37. The Morgan fingerprint density at radius 3 is 2.61 bits per heavy atom. The van der Waals surface area contributed by atoms with Crippen LogP contribution in [0.4, 0.5) is 10.5 Å². The van der Waals surface area contributed by atoms with Gasteiger partial charge in [0.25, 0.3) is 0 Å². The average molecular weight is 270 g/mol. The SMILES string of the molecule is CCOC(=O)c1ccccc1NC(=O)N=S(=O)=O. The fourth-order valence-electron chi connectivity index (χ4n) is 1.18. The van der Waals surface area contributed by atoms with Gasteiger partial charge in [0.15, 0.2) is 0 Å². The van der Waals surface area contributed by atoms with E-state index in [1.54, 1.807) is 19.1 Å². The zero-order valence-corrected chi connectivity index (χ0v) is 10.2. The molecule has 0 radical (unpaired) electrons. The van der Waals surface area contributed by atoms with Crippen LogP contribution in [0.5, 0.6) is 0 Å². The van der Waals surface area contributed by atoms with E-state index in [4.69, 9.17) is 4.74 Å². The summed E-state index contributed by atoms with van der Waals surface area (Å²) < 4.78 is 27.9. The number of carbonyl (C=O) groups excluding carboxylic acids is 2. The molecule has 96 valence electrons. The van der Waals surface area contributed by atoms with Gasteiger partial charge in [0.2, 0.25) is 0 Å². The molecule has 2 amide bonds. The van der Waals surface area contributed by atoms with Crippen molar-refractivity contribution in [3.63, 3.8) is 0 Å². The van der Waals surface area contributed by atoms with E-state index in [2.05, 4.69) is 9.68 Å². The molecule has 0 atom stereocenters. The number of carbonyl (C=O) groups is 2. The van der Waals surface area contributed by atoms with Crippen molar-refractivity contribution in [2.45, 2.75) is 6.92 Å². The molecule has 0 saturated carbocycles. The van der Waals surface area contributed by atoms with E-state index >= 15 is 0 Å². The Morgan fingerprint density at radius 2 is 2.00 bits per heavy atom. The molecule has 0 aliphatic heterocycles. The molecule has 0 bridgehead atoms. The predicted octanol–water partition coefficient (Wildman–Crippen LogP) is 1.46. The molecule has 1 N–H and O–H groups in total. The van der Waals surface area contributed by atoms with Crippen LogP contribution in [-0.2, 0) is 15.2 Å². The summed E-state index contributed by atoms with van der Waals surface area (Å²) in [7, 11) is -2.84. The molecule has 0 saturated heterocycles. The molecule has 0 aliphatic rings.